The van der Waals surface area contributed by atoms with Gasteiger partial charge in [-0.05, 0) is 66.7 Å². The molecule has 4 aromatic rings. The standard InChI is InChI=1S/C41H42F5N3O3S/c1-27-6-15-36-34(22-27)37(50)23-39(53-26-31-4-3-5-35(42)40(31)43)49(36)25-38(51)48(33-16-18-47(19-17-33)20-21-52-2)24-28-7-9-29(10-8-28)30-11-13-32(14-12-30)41(44,45)46/h3-15,22-23,33,37,50H,16-21,24-26H2,1-2H3/i2D3,6D,15D,16D2,17D2,18D2,19D2,20D2,22D,23D,24D2,25D2,33D. The number of methoxy groups -OCH3 is 1. The summed E-state index contributed by atoms with van der Waals surface area (Å²) in [6, 6.07) is 0.710. The number of halogens is 5. The summed E-state index contributed by atoms with van der Waals surface area (Å²) < 4.78 is 270. The number of carbonyl (C=O) groups is 1. The molecule has 6 nitrogen and oxygen atoms in total. The van der Waals surface area contributed by atoms with E-state index < -0.39 is 167 Å². The zero-order chi connectivity index (χ0) is 57.2. The van der Waals surface area contributed by atoms with Crippen molar-refractivity contribution in [3.8, 4) is 11.1 Å². The number of alkyl halides is 3. The van der Waals surface area contributed by atoms with Gasteiger partial charge in [0.15, 0.2) is 11.6 Å². The lowest BCUT2D eigenvalue weighted by atomic mass is 9.99. The van der Waals surface area contributed by atoms with Gasteiger partial charge in [-0.1, -0.05) is 66.2 Å². The van der Waals surface area contributed by atoms with Crippen molar-refractivity contribution in [2.45, 2.75) is 50.2 Å². The monoisotopic (exact) mass is 773 g/mol. The normalized spacial score (nSPS) is 28.4. The number of amides is 1. The number of ether oxygens (including phenoxy) is 1. The maximum absolute atomic E-state index is 15.8. The zero-order valence-corrected chi connectivity index (χ0v) is 28.1. The second kappa shape index (κ2) is 16.8. The van der Waals surface area contributed by atoms with Crippen LogP contribution >= 0.6 is 11.8 Å². The molecule has 2 aliphatic rings. The number of piperidine rings is 1. The first-order valence-electron chi connectivity index (χ1n) is 26.3. The number of carbonyl (C=O) groups excluding carboxylic acids is 1. The van der Waals surface area contributed by atoms with Crippen molar-refractivity contribution < 1.29 is 66.7 Å². The summed E-state index contributed by atoms with van der Waals surface area (Å²) >= 11 is 0.150. The second-order valence-electron chi connectivity index (χ2n) is 11.1. The van der Waals surface area contributed by atoms with Crippen molar-refractivity contribution >= 4 is 23.4 Å². The highest BCUT2D eigenvalue weighted by molar-refractivity contribution is 8.02. The minimum Gasteiger partial charge on any atom is -0.384 e. The van der Waals surface area contributed by atoms with Crippen molar-refractivity contribution in [2.75, 3.05) is 44.5 Å². The van der Waals surface area contributed by atoms with Crippen LogP contribution < -0.4 is 4.90 Å². The maximum atomic E-state index is 15.8. The van der Waals surface area contributed by atoms with Gasteiger partial charge >= 0.3 is 6.18 Å². The van der Waals surface area contributed by atoms with Crippen LogP contribution in [0.1, 0.15) is 76.8 Å². The fourth-order valence-electron chi connectivity index (χ4n) is 4.90. The topological polar surface area (TPSA) is 56.3 Å². The van der Waals surface area contributed by atoms with Crippen molar-refractivity contribution in [2.24, 2.45) is 0 Å². The number of fused-ring (bicyclic) bond motifs is 1. The minimum atomic E-state index is -4.92. The molecule has 4 aromatic carbocycles. The van der Waals surface area contributed by atoms with Crippen LogP contribution in [0.25, 0.3) is 11.1 Å². The fourth-order valence-corrected chi connectivity index (χ4v) is 5.87. The van der Waals surface area contributed by atoms with Crippen LogP contribution in [0, 0.1) is 18.6 Å². The van der Waals surface area contributed by atoms with Crippen LogP contribution in [0.4, 0.5) is 27.6 Å². The number of hydrogen-bond acceptors (Lipinski definition) is 6. The SMILES string of the molecule is [2H]C1=C(SCc2cccc(F)c2F)N(C([2H])([2H])C(=O)N(C([2H])([2H])c2ccc(-c3ccc(C(F)(F)F)cc3)cc2)C2([2H])C([2H])([2H])C([2H])([2H])N(C([2H])([2H])COC([2H])([2H])[2H])C([2H])([2H])C2([2H])[2H])c2c([2H])c([2H])c(C)c([2H])c2C1O. The third-order valence-corrected chi connectivity index (χ3v) is 8.50. The number of nitrogens with zero attached hydrogens (tertiary/aromatic N) is 3. The van der Waals surface area contributed by atoms with Gasteiger partial charge in [-0.15, -0.1) is 11.8 Å². The van der Waals surface area contributed by atoms with E-state index in [1.165, 1.54) is 0 Å². The second-order valence-corrected chi connectivity index (χ2v) is 12.0. The molecule has 1 unspecified atom stereocenters. The molecular weight excluding hydrogens is 710 g/mol. The quantitative estimate of drug-likeness (QED) is 0.146. The van der Waals surface area contributed by atoms with Crippen LogP contribution in [0.5, 0.6) is 0 Å². The summed E-state index contributed by atoms with van der Waals surface area (Å²) in [6.07, 6.45) is -16.7. The van der Waals surface area contributed by atoms with E-state index in [9.17, 15) is 35.0 Å². The molecule has 280 valence electrons. The molecule has 0 spiro atoms. The van der Waals surface area contributed by atoms with Crippen molar-refractivity contribution in [1.82, 2.24) is 9.80 Å². The Kier molecular flexibility index (Phi) is 6.16. The Labute approximate surface area is 341 Å². The van der Waals surface area contributed by atoms with Crippen LogP contribution in [-0.4, -0.2) is 66.5 Å². The Morgan fingerprint density at radius 2 is 1.79 bits per heavy atom. The average molecular weight is 774 g/mol. The summed E-state index contributed by atoms with van der Waals surface area (Å²) in [5.41, 5.74) is -4.85. The number of hydrogen-bond donors (Lipinski definition) is 1. The molecule has 0 radical (unpaired) electrons. The number of benzene rings is 4. The fraction of sp³-hybridized carbons (Fsp3) is 0.341. The molecule has 0 saturated carbocycles. The molecule has 2 heterocycles. The molecule has 2 aliphatic heterocycles. The summed E-state index contributed by atoms with van der Waals surface area (Å²) in [4.78, 5) is 14.1. The molecule has 6 rings (SSSR count). The Morgan fingerprint density at radius 1 is 1.09 bits per heavy atom. The number of aliphatic hydroxyl groups is 1. The first-order valence-corrected chi connectivity index (χ1v) is 16.3. The molecule has 1 amide bonds. The number of rotatable bonds is 12. The molecule has 1 atom stereocenters. The molecule has 1 N–H and O–H groups in total. The minimum absolute atomic E-state index is 0.00602. The predicted molar refractivity (Wildman–Crippen MR) is 198 cm³/mol. The van der Waals surface area contributed by atoms with Gasteiger partial charge in [-0.3, -0.25) is 4.79 Å². The highest BCUT2D eigenvalue weighted by Crippen LogP contribution is 2.41. The van der Waals surface area contributed by atoms with Crippen molar-refractivity contribution in [1.29, 1.82) is 0 Å². The summed E-state index contributed by atoms with van der Waals surface area (Å²) in [5.74, 6) is -6.41. The first-order chi connectivity index (χ1) is 33.9. The van der Waals surface area contributed by atoms with E-state index in [0.29, 0.717) is 12.1 Å². The van der Waals surface area contributed by atoms with E-state index in [1.807, 2.05) is 0 Å². The molecular formula is C41H42F5N3O3S. The van der Waals surface area contributed by atoms with Gasteiger partial charge in [0.2, 0.25) is 5.91 Å². The van der Waals surface area contributed by atoms with Gasteiger partial charge in [0.25, 0.3) is 0 Å². The lowest BCUT2D eigenvalue weighted by molar-refractivity contribution is -0.137. The van der Waals surface area contributed by atoms with Gasteiger partial charge in [-0.25, -0.2) is 8.78 Å². The Bertz CT molecular complexity index is 2900. The van der Waals surface area contributed by atoms with Crippen LogP contribution in [0.3, 0.4) is 0 Å². The highest BCUT2D eigenvalue weighted by Gasteiger charge is 2.33. The largest absolute Gasteiger partial charge is 0.416 e. The van der Waals surface area contributed by atoms with E-state index in [-0.39, 0.29) is 33.4 Å². The third kappa shape index (κ3) is 9.29. The maximum Gasteiger partial charge on any atom is 0.416 e. The van der Waals surface area contributed by atoms with E-state index in [1.54, 1.807) is 0 Å². The average Bonchev–Trinajstić information content (AvgIpc) is 3.29. The number of likely N-dealkylation sites (tertiary alicyclic amines) is 1. The lowest BCUT2D eigenvalue weighted by Crippen LogP contribution is -2.50. The first kappa shape index (κ1) is 19.4. The van der Waals surface area contributed by atoms with Gasteiger partial charge in [0, 0.05) is 75.3 Å². The van der Waals surface area contributed by atoms with E-state index in [0.717, 1.165) is 61.5 Å². The number of anilines is 1. The van der Waals surface area contributed by atoms with Crippen LogP contribution in [0.15, 0.2) is 95.9 Å². The van der Waals surface area contributed by atoms with Gasteiger partial charge in [0.05, 0.1) is 33.6 Å². The summed E-state index contributed by atoms with van der Waals surface area (Å²) in [7, 11) is -3.50. The number of thioether (sulfide) groups is 1. The Hall–Kier alpha value is -4.23. The van der Waals surface area contributed by atoms with Crippen molar-refractivity contribution in [3.63, 3.8) is 0 Å². The Balaban J connectivity index is 1.67. The van der Waals surface area contributed by atoms with Gasteiger partial charge in [-0.2, -0.15) is 13.2 Å². The molecule has 1 fully saturated rings. The smallest absolute Gasteiger partial charge is 0.384 e. The summed E-state index contributed by atoms with van der Waals surface area (Å²) in [5, 5.41) is 10.5. The van der Waals surface area contributed by atoms with Crippen molar-refractivity contribution in [3.05, 3.63) is 135 Å². The van der Waals surface area contributed by atoms with Gasteiger partial charge < -0.3 is 24.5 Å². The molecule has 12 heteroatoms. The Morgan fingerprint density at radius 3 is 2.47 bits per heavy atom. The van der Waals surface area contributed by atoms with Gasteiger partial charge in [0.1, 0.15) is 12.6 Å². The molecule has 0 aliphatic carbocycles. The van der Waals surface area contributed by atoms with E-state index in [4.69, 9.17) is 17.8 Å². The molecule has 1 saturated heterocycles. The lowest BCUT2D eigenvalue weighted by Gasteiger charge is -2.40. The number of aliphatic hydroxyl groups excluding tert-OH is 1. The molecule has 0 bridgehead atoms. The van der Waals surface area contributed by atoms with Crippen LogP contribution in [0.2, 0.25) is 0 Å². The predicted octanol–water partition coefficient (Wildman–Crippen LogP) is 8.73. The van der Waals surface area contributed by atoms with E-state index in [2.05, 4.69) is 4.74 Å². The highest BCUT2D eigenvalue weighted by atomic mass is 32.2. The molecule has 53 heavy (non-hydrogen) atoms. The third-order valence-electron chi connectivity index (χ3n) is 7.47. The summed E-state index contributed by atoms with van der Waals surface area (Å²) in [6.45, 7) is -22.4. The van der Waals surface area contributed by atoms with Crippen LogP contribution in [-0.2, 0) is 28.0 Å². The molecule has 0 aromatic heterocycles. The zero-order valence-electron chi connectivity index (χ0n) is 49.2. The van der Waals surface area contributed by atoms with E-state index >= 15 is 9.18 Å².